The van der Waals surface area contributed by atoms with Gasteiger partial charge in [-0.25, -0.2) is 0 Å². The van der Waals surface area contributed by atoms with E-state index in [1.54, 1.807) is 0 Å². The molecule has 0 saturated carbocycles. The summed E-state index contributed by atoms with van der Waals surface area (Å²) in [7, 11) is 0. The molecule has 3 N–H and O–H groups in total. The minimum atomic E-state index is -0.133. The van der Waals surface area contributed by atoms with Crippen LogP contribution in [0.25, 0.3) is 0 Å². The third kappa shape index (κ3) is 3.05. The summed E-state index contributed by atoms with van der Waals surface area (Å²) in [6.45, 7) is 0.313. The third-order valence-corrected chi connectivity index (χ3v) is 3.08. The van der Waals surface area contributed by atoms with Crippen LogP contribution in [0.15, 0.2) is 30.3 Å². The Hall–Kier alpha value is -1.39. The van der Waals surface area contributed by atoms with E-state index >= 15 is 0 Å². The van der Waals surface area contributed by atoms with Crippen LogP contribution in [0.4, 0.5) is 0 Å². The molecule has 1 fully saturated rings. The zero-order valence-electron chi connectivity index (χ0n) is 9.73. The number of carbonyl (C=O) groups is 1. The van der Waals surface area contributed by atoms with Crippen LogP contribution >= 0.6 is 0 Å². The molecule has 1 saturated heterocycles. The summed E-state index contributed by atoms with van der Waals surface area (Å²) in [6, 6.07) is 10.3. The van der Waals surface area contributed by atoms with Crippen molar-refractivity contribution in [2.24, 2.45) is 0 Å². The summed E-state index contributed by atoms with van der Waals surface area (Å²) in [6.07, 6.45) is 1.82. The lowest BCUT2D eigenvalue weighted by Gasteiger charge is -2.14. The Bertz CT molecular complexity index is 367. The van der Waals surface area contributed by atoms with Gasteiger partial charge in [-0.2, -0.15) is 0 Å². The highest BCUT2D eigenvalue weighted by Crippen LogP contribution is 2.26. The first-order valence-electron chi connectivity index (χ1n) is 6.01. The maximum Gasteiger partial charge on any atom is 0.237 e. The molecular formula is C13H18N2O2. The predicted molar refractivity (Wildman–Crippen MR) is 65.4 cm³/mol. The number of carbonyl (C=O) groups excluding carboxylic acids is 1. The van der Waals surface area contributed by atoms with Gasteiger partial charge in [0, 0.05) is 12.6 Å². The largest absolute Gasteiger partial charge is 0.395 e. The molecule has 1 aromatic carbocycles. The van der Waals surface area contributed by atoms with Gasteiger partial charge in [0.1, 0.15) is 0 Å². The maximum atomic E-state index is 11.7. The van der Waals surface area contributed by atoms with Crippen LogP contribution in [0.1, 0.15) is 24.4 Å². The number of rotatable bonds is 4. The number of hydrogen-bond acceptors (Lipinski definition) is 3. The molecule has 2 atom stereocenters. The topological polar surface area (TPSA) is 61.4 Å². The van der Waals surface area contributed by atoms with Crippen molar-refractivity contribution in [1.82, 2.24) is 10.6 Å². The molecule has 1 heterocycles. The fourth-order valence-electron chi connectivity index (χ4n) is 2.20. The summed E-state index contributed by atoms with van der Waals surface area (Å²) in [5.41, 5.74) is 1.23. The van der Waals surface area contributed by atoms with Gasteiger partial charge in [0.15, 0.2) is 0 Å². The van der Waals surface area contributed by atoms with Gasteiger partial charge in [0.25, 0.3) is 0 Å². The van der Waals surface area contributed by atoms with E-state index in [4.69, 9.17) is 5.11 Å². The standard InChI is InChI=1S/C13H18N2O2/c16-9-8-14-13(17)12-7-6-11(15-12)10-4-2-1-3-5-10/h1-5,11-12,15-16H,6-9H2,(H,14,17)/t11-,12-/m1/s1. The van der Waals surface area contributed by atoms with Crippen LogP contribution in [0, 0.1) is 0 Å². The third-order valence-electron chi connectivity index (χ3n) is 3.08. The molecular weight excluding hydrogens is 216 g/mol. The second-order valence-corrected chi connectivity index (χ2v) is 4.27. The predicted octanol–water partition coefficient (Wildman–Crippen LogP) is 0.588. The Morgan fingerprint density at radius 1 is 1.35 bits per heavy atom. The second kappa shape index (κ2) is 5.80. The zero-order chi connectivity index (χ0) is 12.1. The molecule has 0 radical (unpaired) electrons. The van der Waals surface area contributed by atoms with Crippen molar-refractivity contribution in [1.29, 1.82) is 0 Å². The van der Waals surface area contributed by atoms with Crippen molar-refractivity contribution in [2.45, 2.75) is 24.9 Å². The molecule has 2 rings (SSSR count). The molecule has 0 unspecified atom stereocenters. The number of nitrogens with one attached hydrogen (secondary N) is 2. The van der Waals surface area contributed by atoms with Crippen LogP contribution < -0.4 is 10.6 Å². The lowest BCUT2D eigenvalue weighted by molar-refractivity contribution is -0.123. The first-order chi connectivity index (χ1) is 8.31. The summed E-state index contributed by atoms with van der Waals surface area (Å²) < 4.78 is 0. The van der Waals surface area contributed by atoms with Crippen LogP contribution in [0.3, 0.4) is 0 Å². The first-order valence-corrected chi connectivity index (χ1v) is 6.01. The Kier molecular flexibility index (Phi) is 4.12. The molecule has 1 aliphatic rings. The van der Waals surface area contributed by atoms with Crippen LogP contribution in [0.5, 0.6) is 0 Å². The molecule has 92 valence electrons. The molecule has 1 aliphatic heterocycles. The molecule has 1 amide bonds. The fourth-order valence-corrected chi connectivity index (χ4v) is 2.20. The number of benzene rings is 1. The average molecular weight is 234 g/mol. The van der Waals surface area contributed by atoms with Gasteiger partial charge >= 0.3 is 0 Å². The summed E-state index contributed by atoms with van der Waals surface area (Å²) in [4.78, 5) is 11.7. The van der Waals surface area contributed by atoms with Gasteiger partial charge in [-0.1, -0.05) is 30.3 Å². The fraction of sp³-hybridized carbons (Fsp3) is 0.462. The van der Waals surface area contributed by atoms with Gasteiger partial charge in [-0.05, 0) is 18.4 Å². The van der Waals surface area contributed by atoms with Gasteiger partial charge < -0.3 is 10.4 Å². The quantitative estimate of drug-likeness (QED) is 0.714. The van der Waals surface area contributed by atoms with Crippen molar-refractivity contribution in [2.75, 3.05) is 13.2 Å². The van der Waals surface area contributed by atoms with E-state index in [9.17, 15) is 4.79 Å². The highest BCUT2D eigenvalue weighted by Gasteiger charge is 2.29. The lowest BCUT2D eigenvalue weighted by atomic mass is 10.1. The Morgan fingerprint density at radius 3 is 2.82 bits per heavy atom. The van der Waals surface area contributed by atoms with E-state index in [0.29, 0.717) is 6.54 Å². The molecule has 0 aliphatic carbocycles. The van der Waals surface area contributed by atoms with Gasteiger partial charge in [0.2, 0.25) is 5.91 Å². The minimum absolute atomic E-state index is 0.0133. The van der Waals surface area contributed by atoms with Crippen LogP contribution in [-0.2, 0) is 4.79 Å². The van der Waals surface area contributed by atoms with Gasteiger partial charge in [0.05, 0.1) is 12.6 Å². The first kappa shape index (κ1) is 12.1. The zero-order valence-corrected chi connectivity index (χ0v) is 9.73. The van der Waals surface area contributed by atoms with Gasteiger partial charge in [-0.3, -0.25) is 10.1 Å². The van der Waals surface area contributed by atoms with Crippen molar-refractivity contribution in [3.63, 3.8) is 0 Å². The van der Waals surface area contributed by atoms with Crippen LogP contribution in [-0.4, -0.2) is 30.2 Å². The molecule has 4 heteroatoms. The monoisotopic (exact) mass is 234 g/mol. The van der Waals surface area contributed by atoms with E-state index in [2.05, 4.69) is 22.8 Å². The van der Waals surface area contributed by atoms with Crippen molar-refractivity contribution < 1.29 is 9.90 Å². The smallest absolute Gasteiger partial charge is 0.237 e. The SMILES string of the molecule is O=C(NCCO)[C@H]1CC[C@H](c2ccccc2)N1. The molecule has 0 spiro atoms. The Morgan fingerprint density at radius 2 is 2.12 bits per heavy atom. The van der Waals surface area contributed by atoms with Crippen molar-refractivity contribution >= 4 is 5.91 Å². The highest BCUT2D eigenvalue weighted by molar-refractivity contribution is 5.82. The number of amides is 1. The Balaban J connectivity index is 1.89. The average Bonchev–Trinajstić information content (AvgIpc) is 2.86. The van der Waals surface area contributed by atoms with Crippen molar-refractivity contribution in [3.8, 4) is 0 Å². The van der Waals surface area contributed by atoms with Crippen molar-refractivity contribution in [3.05, 3.63) is 35.9 Å². The van der Waals surface area contributed by atoms with E-state index < -0.39 is 0 Å². The molecule has 0 bridgehead atoms. The van der Waals surface area contributed by atoms with E-state index in [-0.39, 0.29) is 24.6 Å². The van der Waals surface area contributed by atoms with E-state index in [0.717, 1.165) is 12.8 Å². The maximum absolute atomic E-state index is 11.7. The summed E-state index contributed by atoms with van der Waals surface area (Å²) in [5, 5.41) is 14.7. The van der Waals surface area contributed by atoms with Crippen LogP contribution in [0.2, 0.25) is 0 Å². The number of hydrogen-bond donors (Lipinski definition) is 3. The van der Waals surface area contributed by atoms with E-state index in [1.807, 2.05) is 18.2 Å². The highest BCUT2D eigenvalue weighted by atomic mass is 16.3. The van der Waals surface area contributed by atoms with E-state index in [1.165, 1.54) is 5.56 Å². The minimum Gasteiger partial charge on any atom is -0.395 e. The second-order valence-electron chi connectivity index (χ2n) is 4.27. The Labute approximate surface area is 101 Å². The molecule has 17 heavy (non-hydrogen) atoms. The van der Waals surface area contributed by atoms with Gasteiger partial charge in [-0.15, -0.1) is 0 Å². The normalized spacial score (nSPS) is 23.6. The number of aliphatic hydroxyl groups is 1. The molecule has 1 aromatic rings. The molecule has 0 aromatic heterocycles. The summed E-state index contributed by atoms with van der Waals surface area (Å²) in [5.74, 6) is -0.0162. The number of aliphatic hydroxyl groups excluding tert-OH is 1. The molecule has 4 nitrogen and oxygen atoms in total. The summed E-state index contributed by atoms with van der Waals surface area (Å²) >= 11 is 0. The lowest BCUT2D eigenvalue weighted by Crippen LogP contribution is -2.41.